The van der Waals surface area contributed by atoms with Gasteiger partial charge in [0.25, 0.3) is 11.1 Å². The van der Waals surface area contributed by atoms with Crippen molar-refractivity contribution in [3.63, 3.8) is 0 Å². The Bertz CT molecular complexity index is 692. The van der Waals surface area contributed by atoms with Gasteiger partial charge in [0, 0.05) is 19.5 Å². The zero-order valence-corrected chi connectivity index (χ0v) is 14.1. The summed E-state index contributed by atoms with van der Waals surface area (Å²) in [6.45, 7) is -0.918. The summed E-state index contributed by atoms with van der Waals surface area (Å²) in [5, 5.41) is 2.18. The molecule has 0 radical (unpaired) electrons. The van der Waals surface area contributed by atoms with Gasteiger partial charge in [-0.15, -0.1) is 0 Å². The lowest BCUT2D eigenvalue weighted by atomic mass is 10.2. The number of halogens is 2. The van der Waals surface area contributed by atoms with E-state index in [4.69, 9.17) is 0 Å². The highest BCUT2D eigenvalue weighted by atomic mass is 32.2. The van der Waals surface area contributed by atoms with Gasteiger partial charge in [0.05, 0.1) is 4.91 Å². The summed E-state index contributed by atoms with van der Waals surface area (Å²) in [5.41, 5.74) is 0.575. The van der Waals surface area contributed by atoms with Gasteiger partial charge >= 0.3 is 6.61 Å². The molecule has 0 aromatic heterocycles. The first kappa shape index (κ1) is 18.9. The normalized spacial score (nSPS) is 16.0. The number of rotatable bonds is 7. The summed E-state index contributed by atoms with van der Waals surface area (Å²) in [7, 11) is 0. The smallest absolute Gasteiger partial charge is 0.387 e. The van der Waals surface area contributed by atoms with E-state index in [2.05, 4.69) is 10.1 Å². The predicted octanol–water partition coefficient (Wildman–Crippen LogP) is 2.85. The fraction of sp³-hybridized carbons (Fsp3) is 0.312. The van der Waals surface area contributed by atoms with Crippen molar-refractivity contribution >= 4 is 34.9 Å². The first-order valence-corrected chi connectivity index (χ1v) is 8.29. The number of hydrogen-bond donors (Lipinski definition) is 1. The van der Waals surface area contributed by atoms with Gasteiger partial charge < -0.3 is 10.1 Å². The van der Waals surface area contributed by atoms with Gasteiger partial charge in [0.15, 0.2) is 0 Å². The van der Waals surface area contributed by atoms with Crippen LogP contribution in [-0.2, 0) is 9.59 Å². The summed E-state index contributed by atoms with van der Waals surface area (Å²) in [5.74, 6) is -0.603. The molecule has 1 aliphatic heterocycles. The number of thioether (sulfide) groups is 1. The van der Waals surface area contributed by atoms with Gasteiger partial charge in [-0.25, -0.2) is 0 Å². The van der Waals surface area contributed by atoms with E-state index in [-0.39, 0.29) is 29.7 Å². The van der Waals surface area contributed by atoms with Crippen molar-refractivity contribution in [1.82, 2.24) is 10.2 Å². The number of ether oxygens (including phenoxy) is 1. The zero-order valence-electron chi connectivity index (χ0n) is 13.3. The number of carbonyl (C=O) groups is 3. The number of carbonyl (C=O) groups excluding carboxylic acids is 3. The van der Waals surface area contributed by atoms with Crippen LogP contribution in [0.25, 0.3) is 6.08 Å². The summed E-state index contributed by atoms with van der Waals surface area (Å²) in [6.07, 6.45) is 1.83. The maximum absolute atomic E-state index is 12.3. The lowest BCUT2D eigenvalue weighted by molar-refractivity contribution is -0.124. The quantitative estimate of drug-likeness (QED) is 0.747. The molecule has 0 bridgehead atoms. The second kappa shape index (κ2) is 8.61. The minimum atomic E-state index is -2.91. The molecule has 1 saturated heterocycles. The lowest BCUT2D eigenvalue weighted by Gasteiger charge is -2.12. The largest absolute Gasteiger partial charge is 0.435 e. The molecule has 6 nitrogen and oxygen atoms in total. The van der Waals surface area contributed by atoms with Crippen LogP contribution in [0.3, 0.4) is 0 Å². The fourth-order valence-electron chi connectivity index (χ4n) is 2.02. The molecule has 1 aromatic carbocycles. The summed E-state index contributed by atoms with van der Waals surface area (Å²) < 4.78 is 28.5. The standard InChI is InChI=1S/C16H16F2N2O4S/c1-2-13(21)19-7-8-20-14(22)12(25-16(20)23)9-10-3-5-11(6-4-10)24-15(17)18/h3-6,9,15H,2,7-8H2,1H3,(H,19,21)/b12-9-. The number of nitrogens with zero attached hydrogens (tertiary/aromatic N) is 1. The number of hydrogen-bond acceptors (Lipinski definition) is 5. The molecule has 1 aliphatic rings. The number of imide groups is 1. The van der Waals surface area contributed by atoms with Crippen LogP contribution in [-0.4, -0.2) is 41.7 Å². The average molecular weight is 370 g/mol. The molecular formula is C16H16F2N2O4S. The lowest BCUT2D eigenvalue weighted by Crippen LogP contribution is -2.37. The Morgan fingerprint density at radius 2 is 2.00 bits per heavy atom. The van der Waals surface area contributed by atoms with E-state index in [1.54, 1.807) is 6.92 Å². The molecule has 134 valence electrons. The Hall–Kier alpha value is -2.42. The molecule has 0 saturated carbocycles. The third kappa shape index (κ3) is 5.28. The van der Waals surface area contributed by atoms with E-state index in [0.717, 1.165) is 16.7 Å². The molecule has 0 unspecified atom stereocenters. The van der Waals surface area contributed by atoms with Crippen LogP contribution in [0.4, 0.5) is 13.6 Å². The number of alkyl halides is 2. The second-order valence-electron chi connectivity index (χ2n) is 4.98. The van der Waals surface area contributed by atoms with Crippen molar-refractivity contribution in [2.75, 3.05) is 13.1 Å². The van der Waals surface area contributed by atoms with Gasteiger partial charge in [-0.2, -0.15) is 8.78 Å². The van der Waals surface area contributed by atoms with Crippen molar-refractivity contribution in [1.29, 1.82) is 0 Å². The molecule has 2 rings (SSSR count). The molecule has 9 heteroatoms. The first-order valence-electron chi connectivity index (χ1n) is 7.47. The molecule has 1 N–H and O–H groups in total. The third-order valence-electron chi connectivity index (χ3n) is 3.26. The van der Waals surface area contributed by atoms with Gasteiger partial charge in [0.1, 0.15) is 5.75 Å². The molecular weight excluding hydrogens is 354 g/mol. The number of benzene rings is 1. The molecule has 1 aromatic rings. The maximum atomic E-state index is 12.3. The van der Waals surface area contributed by atoms with Gasteiger partial charge in [0.2, 0.25) is 5.91 Å². The second-order valence-corrected chi connectivity index (χ2v) is 5.98. The van der Waals surface area contributed by atoms with E-state index < -0.39 is 17.8 Å². The van der Waals surface area contributed by atoms with E-state index in [9.17, 15) is 23.2 Å². The van der Waals surface area contributed by atoms with E-state index in [0.29, 0.717) is 12.0 Å². The molecule has 1 fully saturated rings. The summed E-state index contributed by atoms with van der Waals surface area (Å²) >= 11 is 0.791. The fourth-order valence-corrected chi connectivity index (χ4v) is 2.89. The minimum absolute atomic E-state index is 0.00641. The van der Waals surface area contributed by atoms with Crippen molar-refractivity contribution in [2.24, 2.45) is 0 Å². The summed E-state index contributed by atoms with van der Waals surface area (Å²) in [6, 6.07) is 5.71. The molecule has 0 aliphatic carbocycles. The Balaban J connectivity index is 2.00. The van der Waals surface area contributed by atoms with Crippen molar-refractivity contribution in [3.8, 4) is 5.75 Å². The molecule has 3 amide bonds. The van der Waals surface area contributed by atoms with Gasteiger partial charge in [-0.3, -0.25) is 19.3 Å². The van der Waals surface area contributed by atoms with Crippen LogP contribution >= 0.6 is 11.8 Å². The van der Waals surface area contributed by atoms with Gasteiger partial charge in [-0.05, 0) is 35.5 Å². The SMILES string of the molecule is CCC(=O)NCCN1C(=O)S/C(=C\c2ccc(OC(F)F)cc2)C1=O. The van der Waals surface area contributed by atoms with Crippen LogP contribution < -0.4 is 10.1 Å². The van der Waals surface area contributed by atoms with Gasteiger partial charge in [-0.1, -0.05) is 19.1 Å². The van der Waals surface area contributed by atoms with Crippen LogP contribution in [0.5, 0.6) is 5.75 Å². The van der Waals surface area contributed by atoms with E-state index >= 15 is 0 Å². The third-order valence-corrected chi connectivity index (χ3v) is 4.16. The predicted molar refractivity (Wildman–Crippen MR) is 89.1 cm³/mol. The molecule has 0 atom stereocenters. The monoisotopic (exact) mass is 370 g/mol. The van der Waals surface area contributed by atoms with Crippen molar-refractivity contribution < 1.29 is 27.9 Å². The molecule has 25 heavy (non-hydrogen) atoms. The number of nitrogens with one attached hydrogen (secondary N) is 1. The molecule has 0 spiro atoms. The Morgan fingerprint density at radius 1 is 1.32 bits per heavy atom. The first-order chi connectivity index (χ1) is 11.9. The highest BCUT2D eigenvalue weighted by molar-refractivity contribution is 8.18. The minimum Gasteiger partial charge on any atom is -0.435 e. The van der Waals surface area contributed by atoms with E-state index in [1.807, 2.05) is 0 Å². The van der Waals surface area contributed by atoms with Crippen LogP contribution in [0.1, 0.15) is 18.9 Å². The highest BCUT2D eigenvalue weighted by Gasteiger charge is 2.34. The zero-order chi connectivity index (χ0) is 18.4. The van der Waals surface area contributed by atoms with Crippen LogP contribution in [0.2, 0.25) is 0 Å². The Kier molecular flexibility index (Phi) is 6.51. The number of amides is 3. The van der Waals surface area contributed by atoms with E-state index in [1.165, 1.54) is 30.3 Å². The Labute approximate surface area is 147 Å². The van der Waals surface area contributed by atoms with Crippen LogP contribution in [0, 0.1) is 0 Å². The molecule has 1 heterocycles. The van der Waals surface area contributed by atoms with Crippen LogP contribution in [0.15, 0.2) is 29.2 Å². The Morgan fingerprint density at radius 3 is 2.60 bits per heavy atom. The topological polar surface area (TPSA) is 75.7 Å². The summed E-state index contributed by atoms with van der Waals surface area (Å²) in [4.78, 5) is 36.6. The average Bonchev–Trinajstić information content (AvgIpc) is 2.83. The van der Waals surface area contributed by atoms with Crippen molar-refractivity contribution in [3.05, 3.63) is 34.7 Å². The maximum Gasteiger partial charge on any atom is 0.387 e. The highest BCUT2D eigenvalue weighted by Crippen LogP contribution is 2.32. The van der Waals surface area contributed by atoms with Crippen molar-refractivity contribution in [2.45, 2.75) is 20.0 Å².